The first-order chi connectivity index (χ1) is 12.6. The minimum absolute atomic E-state index is 0.0776. The molecule has 1 amide bonds. The number of aromatic nitrogens is 3. The zero-order valence-corrected chi connectivity index (χ0v) is 15.7. The minimum atomic E-state index is -0.0776. The van der Waals surface area contributed by atoms with E-state index in [0.29, 0.717) is 11.0 Å². The van der Waals surface area contributed by atoms with E-state index in [1.165, 1.54) is 11.8 Å². The Morgan fingerprint density at radius 3 is 2.65 bits per heavy atom. The summed E-state index contributed by atoms with van der Waals surface area (Å²) in [4.78, 5) is 12.2. The predicted molar refractivity (Wildman–Crippen MR) is 104 cm³/mol. The molecule has 0 unspecified atom stereocenters. The molecular formula is C19H20N4O2S. The maximum atomic E-state index is 12.2. The summed E-state index contributed by atoms with van der Waals surface area (Å²) in [7, 11) is 3.50. The van der Waals surface area contributed by atoms with Crippen LogP contribution in [0.4, 0.5) is 5.69 Å². The van der Waals surface area contributed by atoms with Crippen LogP contribution in [0.2, 0.25) is 0 Å². The summed E-state index contributed by atoms with van der Waals surface area (Å²) in [6.07, 6.45) is 0. The molecule has 0 saturated carbocycles. The third-order valence-electron chi connectivity index (χ3n) is 3.93. The Morgan fingerprint density at radius 2 is 1.88 bits per heavy atom. The number of hydrogen-bond donors (Lipinski definition) is 1. The van der Waals surface area contributed by atoms with Crippen molar-refractivity contribution >= 4 is 23.4 Å². The van der Waals surface area contributed by atoms with E-state index in [9.17, 15) is 4.79 Å². The van der Waals surface area contributed by atoms with E-state index in [1.54, 1.807) is 7.11 Å². The van der Waals surface area contributed by atoms with Crippen LogP contribution in [0.25, 0.3) is 11.4 Å². The van der Waals surface area contributed by atoms with Crippen molar-refractivity contribution in [2.45, 2.75) is 12.1 Å². The topological polar surface area (TPSA) is 69.0 Å². The predicted octanol–water partition coefficient (Wildman–Crippen LogP) is 3.53. The second kappa shape index (κ2) is 8.05. The number of methoxy groups -OCH3 is 1. The number of nitrogens with one attached hydrogen (secondary N) is 1. The molecule has 1 heterocycles. The van der Waals surface area contributed by atoms with E-state index in [1.807, 2.05) is 67.1 Å². The maximum Gasteiger partial charge on any atom is 0.234 e. The molecule has 0 aliphatic carbocycles. The monoisotopic (exact) mass is 368 g/mol. The number of para-hydroxylation sites is 2. The van der Waals surface area contributed by atoms with Crippen LogP contribution in [-0.2, 0) is 11.8 Å². The number of amides is 1. The number of aryl methyl sites for hydroxylation is 1. The van der Waals surface area contributed by atoms with Gasteiger partial charge in [0.25, 0.3) is 0 Å². The van der Waals surface area contributed by atoms with Crippen molar-refractivity contribution < 1.29 is 9.53 Å². The second-order valence-corrected chi connectivity index (χ2v) is 6.66. The zero-order chi connectivity index (χ0) is 18.5. The van der Waals surface area contributed by atoms with Crippen molar-refractivity contribution in [2.75, 3.05) is 18.2 Å². The molecule has 3 rings (SSSR count). The van der Waals surface area contributed by atoms with E-state index in [0.717, 1.165) is 22.6 Å². The molecule has 134 valence electrons. The van der Waals surface area contributed by atoms with Crippen molar-refractivity contribution in [1.82, 2.24) is 14.8 Å². The van der Waals surface area contributed by atoms with Gasteiger partial charge in [0, 0.05) is 12.7 Å². The van der Waals surface area contributed by atoms with Crippen LogP contribution < -0.4 is 10.1 Å². The minimum Gasteiger partial charge on any atom is -0.496 e. The molecule has 0 fully saturated rings. The Balaban J connectivity index is 1.69. The van der Waals surface area contributed by atoms with Gasteiger partial charge in [0.2, 0.25) is 5.91 Å². The van der Waals surface area contributed by atoms with E-state index in [4.69, 9.17) is 4.74 Å². The highest BCUT2D eigenvalue weighted by Crippen LogP contribution is 2.30. The van der Waals surface area contributed by atoms with Crippen LogP contribution in [0.3, 0.4) is 0 Å². The van der Waals surface area contributed by atoms with Gasteiger partial charge in [-0.2, -0.15) is 0 Å². The number of nitrogens with zero attached hydrogens (tertiary/aromatic N) is 3. The van der Waals surface area contributed by atoms with Gasteiger partial charge in [-0.3, -0.25) is 4.79 Å². The Bertz CT molecular complexity index is 923. The summed E-state index contributed by atoms with van der Waals surface area (Å²) < 4.78 is 7.25. The number of benzene rings is 2. The largest absolute Gasteiger partial charge is 0.496 e. The third-order valence-corrected chi connectivity index (χ3v) is 4.95. The Morgan fingerprint density at radius 1 is 1.15 bits per heavy atom. The highest BCUT2D eigenvalue weighted by Gasteiger charge is 2.16. The smallest absolute Gasteiger partial charge is 0.234 e. The summed E-state index contributed by atoms with van der Waals surface area (Å²) in [5.74, 6) is 1.61. The van der Waals surface area contributed by atoms with Crippen molar-refractivity contribution in [3.8, 4) is 17.1 Å². The van der Waals surface area contributed by atoms with Crippen LogP contribution in [0.1, 0.15) is 5.56 Å². The molecule has 1 aromatic heterocycles. The summed E-state index contributed by atoms with van der Waals surface area (Å²) in [6, 6.07) is 15.3. The fraction of sp³-hybridized carbons (Fsp3) is 0.211. The highest BCUT2D eigenvalue weighted by molar-refractivity contribution is 7.99. The summed E-state index contributed by atoms with van der Waals surface area (Å²) in [5.41, 5.74) is 2.72. The van der Waals surface area contributed by atoms with Crippen molar-refractivity contribution in [3.63, 3.8) is 0 Å². The standard InChI is InChI=1S/C19H20N4O2S/c1-13-8-4-6-10-15(13)20-17(24)12-26-19-22-21-18(23(19)2)14-9-5-7-11-16(14)25-3/h4-11H,12H2,1-3H3,(H,20,24). The van der Waals surface area contributed by atoms with Crippen molar-refractivity contribution in [1.29, 1.82) is 0 Å². The highest BCUT2D eigenvalue weighted by atomic mass is 32.2. The van der Waals surface area contributed by atoms with Gasteiger partial charge in [-0.1, -0.05) is 42.1 Å². The number of thioether (sulfide) groups is 1. The van der Waals surface area contributed by atoms with Crippen LogP contribution in [0, 0.1) is 6.92 Å². The molecule has 1 N–H and O–H groups in total. The number of carbonyl (C=O) groups excluding carboxylic acids is 1. The van der Waals surface area contributed by atoms with E-state index in [-0.39, 0.29) is 11.7 Å². The second-order valence-electron chi connectivity index (χ2n) is 5.72. The first-order valence-corrected chi connectivity index (χ1v) is 9.09. The number of rotatable bonds is 6. The lowest BCUT2D eigenvalue weighted by Crippen LogP contribution is -2.15. The molecule has 0 atom stereocenters. The van der Waals surface area contributed by atoms with Gasteiger partial charge in [0.15, 0.2) is 11.0 Å². The van der Waals surface area contributed by atoms with Crippen LogP contribution in [0.5, 0.6) is 5.75 Å². The number of ether oxygens (including phenoxy) is 1. The van der Waals surface area contributed by atoms with Crippen molar-refractivity contribution in [2.24, 2.45) is 7.05 Å². The van der Waals surface area contributed by atoms with Crippen LogP contribution in [-0.4, -0.2) is 33.5 Å². The van der Waals surface area contributed by atoms with Gasteiger partial charge in [0.1, 0.15) is 5.75 Å². The van der Waals surface area contributed by atoms with E-state index >= 15 is 0 Å². The number of anilines is 1. The first kappa shape index (κ1) is 18.0. The molecule has 6 nitrogen and oxygen atoms in total. The van der Waals surface area contributed by atoms with Crippen LogP contribution in [0.15, 0.2) is 53.7 Å². The fourth-order valence-corrected chi connectivity index (χ4v) is 3.25. The summed E-state index contributed by atoms with van der Waals surface area (Å²) in [6.45, 7) is 1.96. The summed E-state index contributed by atoms with van der Waals surface area (Å²) >= 11 is 1.35. The molecule has 0 spiro atoms. The molecule has 0 aliphatic heterocycles. The molecule has 0 aliphatic rings. The van der Waals surface area contributed by atoms with E-state index in [2.05, 4.69) is 15.5 Å². The molecular weight excluding hydrogens is 348 g/mol. The van der Waals surface area contributed by atoms with Crippen molar-refractivity contribution in [3.05, 3.63) is 54.1 Å². The molecule has 0 bridgehead atoms. The lowest BCUT2D eigenvalue weighted by molar-refractivity contribution is -0.113. The zero-order valence-electron chi connectivity index (χ0n) is 14.9. The summed E-state index contributed by atoms with van der Waals surface area (Å²) in [5, 5.41) is 12.0. The molecule has 26 heavy (non-hydrogen) atoms. The normalized spacial score (nSPS) is 10.6. The first-order valence-electron chi connectivity index (χ1n) is 8.11. The number of carbonyl (C=O) groups is 1. The quantitative estimate of drug-likeness (QED) is 0.674. The molecule has 0 saturated heterocycles. The average molecular weight is 368 g/mol. The number of hydrogen-bond acceptors (Lipinski definition) is 5. The molecule has 2 aromatic carbocycles. The van der Waals surface area contributed by atoms with Gasteiger partial charge < -0.3 is 14.6 Å². The lowest BCUT2D eigenvalue weighted by Gasteiger charge is -2.09. The fourth-order valence-electron chi connectivity index (χ4n) is 2.53. The van der Waals surface area contributed by atoms with E-state index < -0.39 is 0 Å². The molecule has 7 heteroatoms. The van der Waals surface area contributed by atoms with Crippen LogP contribution >= 0.6 is 11.8 Å². The maximum absolute atomic E-state index is 12.2. The Hall–Kier alpha value is -2.80. The Kier molecular flexibility index (Phi) is 5.58. The SMILES string of the molecule is COc1ccccc1-c1nnc(SCC(=O)Nc2ccccc2C)n1C. The molecule has 3 aromatic rings. The van der Waals surface area contributed by atoms with Gasteiger partial charge >= 0.3 is 0 Å². The lowest BCUT2D eigenvalue weighted by atomic mass is 10.2. The molecule has 0 radical (unpaired) electrons. The van der Waals surface area contributed by atoms with Gasteiger partial charge in [-0.15, -0.1) is 10.2 Å². The van der Waals surface area contributed by atoms with Gasteiger partial charge in [0.05, 0.1) is 18.4 Å². The van der Waals surface area contributed by atoms with Gasteiger partial charge in [-0.25, -0.2) is 0 Å². The third kappa shape index (κ3) is 3.88. The van der Waals surface area contributed by atoms with Gasteiger partial charge in [-0.05, 0) is 30.7 Å². The Labute approximate surface area is 156 Å². The average Bonchev–Trinajstić information content (AvgIpc) is 3.02.